The first-order valence-electron chi connectivity index (χ1n) is 9.59. The van der Waals surface area contributed by atoms with Gasteiger partial charge in [-0.3, -0.25) is 4.90 Å². The van der Waals surface area contributed by atoms with E-state index in [4.69, 9.17) is 9.72 Å². The molecule has 4 heterocycles. The van der Waals surface area contributed by atoms with Crippen molar-refractivity contribution in [1.29, 1.82) is 0 Å². The third kappa shape index (κ3) is 3.90. The summed E-state index contributed by atoms with van der Waals surface area (Å²) in [5.41, 5.74) is 1.87. The molecule has 152 valence electrons. The molecule has 3 aromatic rings. The van der Waals surface area contributed by atoms with E-state index in [1.165, 1.54) is 10.4 Å². The summed E-state index contributed by atoms with van der Waals surface area (Å²) in [7, 11) is 0. The van der Waals surface area contributed by atoms with Crippen LogP contribution in [0.15, 0.2) is 6.33 Å². The van der Waals surface area contributed by atoms with Gasteiger partial charge in [-0.25, -0.2) is 14.5 Å². The van der Waals surface area contributed by atoms with Crippen LogP contribution in [-0.2, 0) is 24.3 Å². The number of aliphatic hydroxyl groups is 2. The molecule has 0 aliphatic carbocycles. The van der Waals surface area contributed by atoms with Crippen molar-refractivity contribution in [2.24, 2.45) is 0 Å². The summed E-state index contributed by atoms with van der Waals surface area (Å²) >= 11 is 1.66. The zero-order valence-electron chi connectivity index (χ0n) is 16.7. The van der Waals surface area contributed by atoms with Crippen LogP contribution in [0.5, 0.6) is 0 Å². The fourth-order valence-corrected chi connectivity index (χ4v) is 4.87. The minimum Gasteiger partial charge on any atom is -0.392 e. The van der Waals surface area contributed by atoms with Crippen molar-refractivity contribution in [3.8, 4) is 0 Å². The first kappa shape index (κ1) is 19.7. The highest BCUT2D eigenvalue weighted by Crippen LogP contribution is 2.39. The van der Waals surface area contributed by atoms with E-state index in [-0.39, 0.29) is 5.60 Å². The zero-order valence-corrected chi connectivity index (χ0v) is 17.5. The molecule has 9 heteroatoms. The van der Waals surface area contributed by atoms with E-state index < -0.39 is 12.2 Å². The number of hydrogen-bond donors (Lipinski definition) is 2. The molecule has 0 saturated heterocycles. The lowest BCUT2D eigenvalue weighted by atomic mass is 9.94. The minimum absolute atomic E-state index is 0.206. The summed E-state index contributed by atoms with van der Waals surface area (Å²) in [4.78, 5) is 13.5. The molecule has 28 heavy (non-hydrogen) atoms. The molecule has 0 bridgehead atoms. The fraction of sp³-hybridized carbons (Fsp3) is 0.632. The quantitative estimate of drug-likeness (QED) is 0.645. The largest absolute Gasteiger partial charge is 0.392 e. The van der Waals surface area contributed by atoms with E-state index in [9.17, 15) is 10.2 Å². The second kappa shape index (κ2) is 7.31. The number of hydrogen-bond acceptors (Lipinski definition) is 8. The normalized spacial score (nSPS) is 18.7. The molecule has 0 amide bonds. The lowest BCUT2D eigenvalue weighted by molar-refractivity contribution is -0.0379. The SMILES string of the molecule is C[C@H](O)CN(Cc1nc2c3c4c(sc3ncn2n1)COC(C)(C)C4)C[C@@H](C)O. The van der Waals surface area contributed by atoms with Crippen LogP contribution in [-0.4, -0.2) is 65.6 Å². The van der Waals surface area contributed by atoms with Crippen LogP contribution >= 0.6 is 11.3 Å². The molecule has 0 radical (unpaired) electrons. The van der Waals surface area contributed by atoms with Crippen LogP contribution in [0.25, 0.3) is 15.9 Å². The number of nitrogens with zero attached hydrogens (tertiary/aromatic N) is 5. The predicted octanol–water partition coefficient (Wildman–Crippen LogP) is 1.75. The maximum atomic E-state index is 9.76. The molecule has 0 fully saturated rings. The van der Waals surface area contributed by atoms with Gasteiger partial charge in [0.2, 0.25) is 0 Å². The van der Waals surface area contributed by atoms with Gasteiger partial charge in [0.15, 0.2) is 11.5 Å². The highest BCUT2D eigenvalue weighted by Gasteiger charge is 2.30. The zero-order chi connectivity index (χ0) is 20.1. The molecule has 0 spiro atoms. The molecule has 3 aromatic heterocycles. The van der Waals surface area contributed by atoms with Gasteiger partial charge in [-0.1, -0.05) is 0 Å². The molecule has 8 nitrogen and oxygen atoms in total. The Balaban J connectivity index is 1.72. The van der Waals surface area contributed by atoms with Gasteiger partial charge < -0.3 is 14.9 Å². The Bertz CT molecular complexity index is 984. The van der Waals surface area contributed by atoms with Gasteiger partial charge in [0.1, 0.15) is 11.2 Å². The lowest BCUT2D eigenvalue weighted by Gasteiger charge is -2.30. The molecule has 0 aromatic carbocycles. The standard InChI is InChI=1S/C19H27N5O3S/c1-11(25)6-23(7-12(2)26)8-15-21-17-16-13-5-19(3,4)27-9-14(13)28-18(16)20-10-24(17)22-15/h10-12,25-26H,5-9H2,1-4H3/t11-,12+. The van der Waals surface area contributed by atoms with Gasteiger partial charge in [0, 0.05) is 24.4 Å². The van der Waals surface area contributed by atoms with Gasteiger partial charge >= 0.3 is 0 Å². The van der Waals surface area contributed by atoms with E-state index in [1.54, 1.807) is 36.0 Å². The van der Waals surface area contributed by atoms with Crippen LogP contribution in [0.2, 0.25) is 0 Å². The predicted molar refractivity (Wildman–Crippen MR) is 107 cm³/mol. The smallest absolute Gasteiger partial charge is 0.168 e. The number of thiophene rings is 1. The second-order valence-electron chi connectivity index (χ2n) is 8.34. The molecule has 1 aliphatic heterocycles. The summed E-state index contributed by atoms with van der Waals surface area (Å²) in [6, 6.07) is 0. The third-order valence-electron chi connectivity index (χ3n) is 4.86. The van der Waals surface area contributed by atoms with Crippen LogP contribution in [0.1, 0.15) is 44.0 Å². The van der Waals surface area contributed by atoms with Crippen molar-refractivity contribution >= 4 is 27.2 Å². The molecule has 0 unspecified atom stereocenters. The molecule has 2 N–H and O–H groups in total. The lowest BCUT2D eigenvalue weighted by Crippen LogP contribution is -2.36. The van der Waals surface area contributed by atoms with Gasteiger partial charge in [-0.2, -0.15) is 0 Å². The van der Waals surface area contributed by atoms with Gasteiger partial charge in [-0.15, -0.1) is 16.4 Å². The highest BCUT2D eigenvalue weighted by atomic mass is 32.1. The topological polar surface area (TPSA) is 96.0 Å². The first-order valence-corrected chi connectivity index (χ1v) is 10.4. The summed E-state index contributed by atoms with van der Waals surface area (Å²) in [5, 5.41) is 25.2. The van der Waals surface area contributed by atoms with E-state index in [2.05, 4.69) is 23.9 Å². The van der Waals surface area contributed by atoms with Crippen molar-refractivity contribution in [2.45, 2.75) is 65.1 Å². The summed E-state index contributed by atoms with van der Waals surface area (Å²) in [5.74, 6) is 0.655. The Kier molecular flexibility index (Phi) is 5.13. The van der Waals surface area contributed by atoms with Gasteiger partial charge in [0.05, 0.1) is 36.3 Å². The molecular weight excluding hydrogens is 378 g/mol. The van der Waals surface area contributed by atoms with Crippen LogP contribution in [0, 0.1) is 0 Å². The van der Waals surface area contributed by atoms with Crippen LogP contribution < -0.4 is 0 Å². The van der Waals surface area contributed by atoms with E-state index in [0.717, 1.165) is 22.3 Å². The maximum absolute atomic E-state index is 9.76. The summed E-state index contributed by atoms with van der Waals surface area (Å²) in [6.45, 7) is 9.65. The first-order chi connectivity index (χ1) is 13.2. The average molecular weight is 406 g/mol. The van der Waals surface area contributed by atoms with E-state index in [1.807, 2.05) is 4.90 Å². The number of aliphatic hydroxyl groups excluding tert-OH is 2. The summed E-state index contributed by atoms with van der Waals surface area (Å²) in [6.07, 6.45) is 1.54. The van der Waals surface area contributed by atoms with Crippen molar-refractivity contribution in [3.05, 3.63) is 22.6 Å². The molecule has 0 saturated carbocycles. The average Bonchev–Trinajstić information content (AvgIpc) is 3.12. The van der Waals surface area contributed by atoms with Gasteiger partial charge in [0.25, 0.3) is 0 Å². The highest BCUT2D eigenvalue weighted by molar-refractivity contribution is 7.19. The molecular formula is C19H27N5O3S. The monoisotopic (exact) mass is 405 g/mol. The number of rotatable bonds is 6. The van der Waals surface area contributed by atoms with E-state index >= 15 is 0 Å². The molecule has 1 aliphatic rings. The van der Waals surface area contributed by atoms with Crippen LogP contribution in [0.4, 0.5) is 0 Å². The maximum Gasteiger partial charge on any atom is 0.168 e. The Hall–Kier alpha value is -1.65. The number of ether oxygens (including phenoxy) is 1. The van der Waals surface area contributed by atoms with Gasteiger partial charge in [-0.05, 0) is 33.3 Å². The number of fused-ring (bicyclic) bond motifs is 5. The van der Waals surface area contributed by atoms with Crippen molar-refractivity contribution in [2.75, 3.05) is 13.1 Å². The Morgan fingerprint density at radius 3 is 2.68 bits per heavy atom. The third-order valence-corrected chi connectivity index (χ3v) is 5.98. The summed E-state index contributed by atoms with van der Waals surface area (Å²) < 4.78 is 7.68. The Labute approximate surface area is 167 Å². The second-order valence-corrected chi connectivity index (χ2v) is 9.43. The van der Waals surface area contributed by atoms with Crippen molar-refractivity contribution < 1.29 is 14.9 Å². The Morgan fingerprint density at radius 2 is 2.00 bits per heavy atom. The Morgan fingerprint density at radius 1 is 1.29 bits per heavy atom. The molecule has 2 atom stereocenters. The minimum atomic E-state index is -0.490. The van der Waals surface area contributed by atoms with Crippen molar-refractivity contribution in [1.82, 2.24) is 24.5 Å². The number of aromatic nitrogens is 4. The van der Waals surface area contributed by atoms with E-state index in [0.29, 0.717) is 32.1 Å². The molecule has 4 rings (SSSR count). The van der Waals surface area contributed by atoms with Crippen molar-refractivity contribution in [3.63, 3.8) is 0 Å². The fourth-order valence-electron chi connectivity index (χ4n) is 3.80. The van der Waals surface area contributed by atoms with Crippen LogP contribution in [0.3, 0.4) is 0 Å².